The standard InChI is InChI=1S/C25H32N6O2/c1-17-15-30(10-11-31(17)23-14-26-22(13-27-23)25(4,33)16-32)24-19(3)18(2)21(28-29-24)12-20-8-6-5-7-9-20/h5-9,13-14,17,32-33H,10-12,15-16H2,1-4H3/t17-,25+/m1/s1. The van der Waals surface area contributed by atoms with Crippen LogP contribution in [-0.2, 0) is 12.0 Å². The third-order valence-electron chi connectivity index (χ3n) is 6.53. The molecule has 1 aliphatic rings. The molecule has 0 saturated carbocycles. The van der Waals surface area contributed by atoms with Crippen LogP contribution in [0.4, 0.5) is 11.6 Å². The van der Waals surface area contributed by atoms with Crippen LogP contribution < -0.4 is 9.80 Å². The molecular formula is C25H32N6O2. The Balaban J connectivity index is 1.47. The van der Waals surface area contributed by atoms with Crippen LogP contribution in [0.2, 0.25) is 0 Å². The van der Waals surface area contributed by atoms with Crippen LogP contribution in [0.15, 0.2) is 42.7 Å². The molecule has 1 aromatic carbocycles. The molecule has 4 rings (SSSR count). The lowest BCUT2D eigenvalue weighted by Gasteiger charge is -2.41. The summed E-state index contributed by atoms with van der Waals surface area (Å²) in [7, 11) is 0. The molecule has 0 radical (unpaired) electrons. The lowest BCUT2D eigenvalue weighted by Crippen LogP contribution is -2.53. The zero-order chi connectivity index (χ0) is 23.6. The Labute approximate surface area is 195 Å². The maximum Gasteiger partial charge on any atom is 0.154 e. The van der Waals surface area contributed by atoms with Gasteiger partial charge < -0.3 is 20.0 Å². The second-order valence-electron chi connectivity index (χ2n) is 9.06. The number of anilines is 2. The fourth-order valence-corrected chi connectivity index (χ4v) is 4.22. The Kier molecular flexibility index (Phi) is 6.58. The molecule has 2 aromatic heterocycles. The van der Waals surface area contributed by atoms with Gasteiger partial charge in [0.2, 0.25) is 0 Å². The molecule has 1 saturated heterocycles. The zero-order valence-corrected chi connectivity index (χ0v) is 19.7. The maximum atomic E-state index is 10.2. The van der Waals surface area contributed by atoms with E-state index in [0.717, 1.165) is 43.4 Å². The van der Waals surface area contributed by atoms with Gasteiger partial charge in [0, 0.05) is 32.1 Å². The largest absolute Gasteiger partial charge is 0.393 e. The summed E-state index contributed by atoms with van der Waals surface area (Å²) in [5, 5.41) is 28.7. The average molecular weight is 449 g/mol. The minimum atomic E-state index is -1.39. The van der Waals surface area contributed by atoms with Crippen molar-refractivity contribution in [3.63, 3.8) is 0 Å². The van der Waals surface area contributed by atoms with Crippen molar-refractivity contribution >= 4 is 11.6 Å². The third kappa shape index (κ3) is 4.82. The van der Waals surface area contributed by atoms with E-state index >= 15 is 0 Å². The van der Waals surface area contributed by atoms with Crippen molar-refractivity contribution in [2.45, 2.75) is 45.8 Å². The molecule has 33 heavy (non-hydrogen) atoms. The van der Waals surface area contributed by atoms with Crippen molar-refractivity contribution in [1.29, 1.82) is 0 Å². The molecule has 0 amide bonds. The van der Waals surface area contributed by atoms with E-state index in [0.29, 0.717) is 5.69 Å². The molecule has 2 atom stereocenters. The normalized spacial score (nSPS) is 18.3. The topological polar surface area (TPSA) is 98.5 Å². The Hall–Kier alpha value is -3.10. The van der Waals surface area contributed by atoms with Crippen molar-refractivity contribution in [3.8, 4) is 0 Å². The Bertz CT molecular complexity index is 1090. The van der Waals surface area contributed by atoms with Crippen LogP contribution in [0.1, 0.15) is 41.9 Å². The Morgan fingerprint density at radius 2 is 1.79 bits per heavy atom. The second-order valence-corrected chi connectivity index (χ2v) is 9.06. The van der Waals surface area contributed by atoms with Gasteiger partial charge in [-0.2, -0.15) is 5.10 Å². The fourth-order valence-electron chi connectivity index (χ4n) is 4.22. The molecular weight excluding hydrogens is 416 g/mol. The lowest BCUT2D eigenvalue weighted by molar-refractivity contribution is -0.00614. The number of aliphatic hydroxyl groups is 2. The van der Waals surface area contributed by atoms with Gasteiger partial charge >= 0.3 is 0 Å². The Morgan fingerprint density at radius 3 is 2.42 bits per heavy atom. The van der Waals surface area contributed by atoms with Crippen molar-refractivity contribution < 1.29 is 10.2 Å². The van der Waals surface area contributed by atoms with Gasteiger partial charge in [-0.1, -0.05) is 30.3 Å². The maximum absolute atomic E-state index is 10.2. The van der Waals surface area contributed by atoms with Gasteiger partial charge in [-0.25, -0.2) is 4.98 Å². The highest BCUT2D eigenvalue weighted by atomic mass is 16.3. The molecule has 174 valence electrons. The smallest absolute Gasteiger partial charge is 0.154 e. The minimum absolute atomic E-state index is 0.197. The SMILES string of the molecule is Cc1c(Cc2ccccc2)nnc(N2CCN(c3cnc([C@@](C)(O)CO)cn3)[C@H](C)C2)c1C. The molecule has 0 unspecified atom stereocenters. The first-order valence-corrected chi connectivity index (χ1v) is 11.3. The number of benzene rings is 1. The van der Waals surface area contributed by atoms with Gasteiger partial charge in [-0.3, -0.25) is 4.98 Å². The predicted octanol–water partition coefficient (Wildman–Crippen LogP) is 2.39. The summed E-state index contributed by atoms with van der Waals surface area (Å²) in [4.78, 5) is 13.3. The molecule has 8 nitrogen and oxygen atoms in total. The van der Waals surface area contributed by atoms with Crippen LogP contribution in [-0.4, -0.2) is 62.7 Å². The number of aliphatic hydroxyl groups excluding tert-OH is 1. The zero-order valence-electron chi connectivity index (χ0n) is 19.7. The van der Waals surface area contributed by atoms with Crippen molar-refractivity contribution in [3.05, 3.63) is 70.8 Å². The minimum Gasteiger partial charge on any atom is -0.393 e. The number of nitrogens with zero attached hydrogens (tertiary/aromatic N) is 6. The average Bonchev–Trinajstić information content (AvgIpc) is 2.83. The van der Waals surface area contributed by atoms with Gasteiger partial charge in [0.15, 0.2) is 5.82 Å². The first-order chi connectivity index (χ1) is 15.8. The third-order valence-corrected chi connectivity index (χ3v) is 6.53. The highest BCUT2D eigenvalue weighted by Gasteiger charge is 2.29. The summed E-state index contributed by atoms with van der Waals surface area (Å²) < 4.78 is 0. The van der Waals surface area contributed by atoms with E-state index in [1.54, 1.807) is 6.20 Å². The van der Waals surface area contributed by atoms with Crippen molar-refractivity contribution in [1.82, 2.24) is 20.2 Å². The lowest BCUT2D eigenvalue weighted by atomic mass is 10.0. The molecule has 1 aliphatic heterocycles. The summed E-state index contributed by atoms with van der Waals surface area (Å²) in [6, 6.07) is 10.6. The highest BCUT2D eigenvalue weighted by Crippen LogP contribution is 2.27. The van der Waals surface area contributed by atoms with Gasteiger partial charge in [0.05, 0.1) is 30.4 Å². The molecule has 0 bridgehead atoms. The van der Waals surface area contributed by atoms with Gasteiger partial charge in [-0.05, 0) is 44.4 Å². The van der Waals surface area contributed by atoms with E-state index < -0.39 is 12.2 Å². The van der Waals surface area contributed by atoms with Crippen LogP contribution >= 0.6 is 0 Å². The van der Waals surface area contributed by atoms with E-state index in [2.05, 4.69) is 62.9 Å². The van der Waals surface area contributed by atoms with Crippen LogP contribution in [0.25, 0.3) is 0 Å². The van der Waals surface area contributed by atoms with E-state index in [4.69, 9.17) is 0 Å². The molecule has 3 heterocycles. The predicted molar refractivity (Wildman–Crippen MR) is 128 cm³/mol. The summed E-state index contributed by atoms with van der Waals surface area (Å²) in [5.74, 6) is 1.70. The summed E-state index contributed by atoms with van der Waals surface area (Å²) in [5.41, 5.74) is 3.58. The van der Waals surface area contributed by atoms with Crippen molar-refractivity contribution in [2.24, 2.45) is 0 Å². The summed E-state index contributed by atoms with van der Waals surface area (Å²) >= 11 is 0. The number of rotatable bonds is 6. The first-order valence-electron chi connectivity index (χ1n) is 11.3. The second kappa shape index (κ2) is 9.41. The molecule has 0 spiro atoms. The quantitative estimate of drug-likeness (QED) is 0.593. The van der Waals surface area contributed by atoms with E-state index in [1.807, 2.05) is 18.2 Å². The highest BCUT2D eigenvalue weighted by molar-refractivity contribution is 5.53. The van der Waals surface area contributed by atoms with E-state index in [-0.39, 0.29) is 6.04 Å². The van der Waals surface area contributed by atoms with Crippen LogP contribution in [0, 0.1) is 13.8 Å². The van der Waals surface area contributed by atoms with Gasteiger partial charge in [0.1, 0.15) is 11.4 Å². The summed E-state index contributed by atoms with van der Waals surface area (Å²) in [6.07, 6.45) is 3.98. The van der Waals surface area contributed by atoms with E-state index in [1.165, 1.54) is 29.8 Å². The number of hydrogen-bond acceptors (Lipinski definition) is 8. The van der Waals surface area contributed by atoms with Crippen LogP contribution in [0.5, 0.6) is 0 Å². The number of hydrogen-bond donors (Lipinski definition) is 2. The summed E-state index contributed by atoms with van der Waals surface area (Å²) in [6.45, 7) is 9.91. The number of piperazine rings is 1. The van der Waals surface area contributed by atoms with Gasteiger partial charge in [-0.15, -0.1) is 5.10 Å². The molecule has 2 N–H and O–H groups in total. The number of aromatic nitrogens is 4. The Morgan fingerprint density at radius 1 is 1.03 bits per heavy atom. The molecule has 1 fully saturated rings. The molecule has 0 aliphatic carbocycles. The van der Waals surface area contributed by atoms with Crippen molar-refractivity contribution in [2.75, 3.05) is 36.0 Å². The molecule has 3 aromatic rings. The molecule has 8 heteroatoms. The fraction of sp³-hybridized carbons (Fsp3) is 0.440. The monoisotopic (exact) mass is 448 g/mol. The van der Waals surface area contributed by atoms with Crippen LogP contribution in [0.3, 0.4) is 0 Å². The first kappa shape index (κ1) is 23.1. The van der Waals surface area contributed by atoms with Gasteiger partial charge in [0.25, 0.3) is 0 Å². The van der Waals surface area contributed by atoms with E-state index in [9.17, 15) is 10.2 Å².